The highest BCUT2D eigenvalue weighted by Crippen LogP contribution is 2.25. The Bertz CT molecular complexity index is 448. The number of thioether (sulfide) groups is 1. The van der Waals surface area contributed by atoms with Crippen LogP contribution >= 0.6 is 23.1 Å². The van der Waals surface area contributed by atoms with E-state index in [0.717, 1.165) is 23.1 Å². The number of aliphatic hydroxyl groups excluding tert-OH is 2. The molecule has 2 atom stereocenters. The Kier molecular flexibility index (Phi) is 6.43. The largest absolute Gasteiger partial charge is 0.465 e. The molecule has 8 heteroatoms. The van der Waals surface area contributed by atoms with E-state index in [2.05, 4.69) is 9.72 Å². The fourth-order valence-corrected chi connectivity index (χ4v) is 2.79. The summed E-state index contributed by atoms with van der Waals surface area (Å²) >= 11 is 2.06. The number of ether oxygens (including phenoxy) is 1. The maximum absolute atomic E-state index is 11.2. The molecule has 0 spiro atoms. The first-order chi connectivity index (χ1) is 8.95. The van der Waals surface area contributed by atoms with Crippen molar-refractivity contribution in [2.45, 2.75) is 25.6 Å². The number of thiazole rings is 1. The number of esters is 1. The van der Waals surface area contributed by atoms with Crippen molar-refractivity contribution < 1.29 is 24.5 Å². The number of nitrogens with zero attached hydrogens (tertiary/aromatic N) is 1. The van der Waals surface area contributed by atoms with Crippen molar-refractivity contribution in [2.24, 2.45) is 0 Å². The zero-order chi connectivity index (χ0) is 14.4. The second kappa shape index (κ2) is 7.59. The van der Waals surface area contributed by atoms with Gasteiger partial charge in [-0.2, -0.15) is 0 Å². The topological polar surface area (TPSA) is 96.7 Å². The summed E-state index contributed by atoms with van der Waals surface area (Å²) in [5.41, 5.74) is 0. The summed E-state index contributed by atoms with van der Waals surface area (Å²) in [7, 11) is 1.26. The highest BCUT2D eigenvalue weighted by molar-refractivity contribution is 8.13. The second-order valence-electron chi connectivity index (χ2n) is 3.70. The Morgan fingerprint density at radius 1 is 1.53 bits per heavy atom. The lowest BCUT2D eigenvalue weighted by Gasteiger charge is -2.14. The Hall–Kier alpha value is -0.960. The average Bonchev–Trinajstić information content (AvgIpc) is 2.85. The van der Waals surface area contributed by atoms with Crippen LogP contribution in [0.15, 0.2) is 6.20 Å². The molecule has 0 radical (unpaired) electrons. The van der Waals surface area contributed by atoms with Gasteiger partial charge in [-0.3, -0.25) is 4.79 Å². The predicted molar refractivity (Wildman–Crippen MR) is 72.2 cm³/mol. The number of methoxy groups -OCH3 is 1. The van der Waals surface area contributed by atoms with Gasteiger partial charge in [-0.15, -0.1) is 11.3 Å². The summed E-state index contributed by atoms with van der Waals surface area (Å²) in [6.07, 6.45) is -0.635. The van der Waals surface area contributed by atoms with Gasteiger partial charge in [-0.1, -0.05) is 11.8 Å². The van der Waals surface area contributed by atoms with E-state index in [-0.39, 0.29) is 21.4 Å². The van der Waals surface area contributed by atoms with E-state index in [1.165, 1.54) is 20.2 Å². The highest BCUT2D eigenvalue weighted by Gasteiger charge is 2.23. The first-order valence-electron chi connectivity index (χ1n) is 5.49. The molecule has 2 N–H and O–H groups in total. The SMILES string of the molecule is COC(=O)c1cnc(C(O)C(O)CCSC(C)=O)s1. The third kappa shape index (κ3) is 4.90. The van der Waals surface area contributed by atoms with Crippen LogP contribution in [0.3, 0.4) is 0 Å². The van der Waals surface area contributed by atoms with Crippen LogP contribution in [0, 0.1) is 0 Å². The normalized spacial score (nSPS) is 13.9. The minimum absolute atomic E-state index is 0.0380. The number of carbonyl (C=O) groups excluding carboxylic acids is 2. The van der Waals surface area contributed by atoms with Gasteiger partial charge < -0.3 is 14.9 Å². The van der Waals surface area contributed by atoms with Gasteiger partial charge in [0.05, 0.1) is 19.4 Å². The molecule has 106 valence electrons. The van der Waals surface area contributed by atoms with Crippen LogP contribution in [0.25, 0.3) is 0 Å². The molecule has 0 aliphatic heterocycles. The maximum Gasteiger partial charge on any atom is 0.349 e. The lowest BCUT2D eigenvalue weighted by molar-refractivity contribution is -0.109. The number of carbonyl (C=O) groups is 2. The first-order valence-corrected chi connectivity index (χ1v) is 7.29. The van der Waals surface area contributed by atoms with Crippen LogP contribution in [0.4, 0.5) is 0 Å². The standard InChI is InChI=1S/C11H15NO5S2/c1-6(13)18-4-3-7(14)9(15)10-12-5-8(19-10)11(16)17-2/h5,7,9,14-15H,3-4H2,1-2H3. The molecule has 0 aromatic carbocycles. The quantitative estimate of drug-likeness (QED) is 0.757. The van der Waals surface area contributed by atoms with Crippen LogP contribution in [-0.2, 0) is 9.53 Å². The molecule has 1 rings (SSSR count). The van der Waals surface area contributed by atoms with E-state index < -0.39 is 18.2 Å². The molecule has 2 unspecified atom stereocenters. The third-order valence-corrected chi connectivity index (χ3v) is 4.14. The van der Waals surface area contributed by atoms with Gasteiger partial charge in [-0.25, -0.2) is 9.78 Å². The fourth-order valence-electron chi connectivity index (χ4n) is 1.27. The van der Waals surface area contributed by atoms with Crippen LogP contribution < -0.4 is 0 Å². The van der Waals surface area contributed by atoms with Crippen LogP contribution in [-0.4, -0.2) is 45.2 Å². The molecule has 0 aliphatic rings. The smallest absolute Gasteiger partial charge is 0.349 e. The van der Waals surface area contributed by atoms with Gasteiger partial charge in [0.25, 0.3) is 0 Å². The highest BCUT2D eigenvalue weighted by atomic mass is 32.2. The summed E-state index contributed by atoms with van der Waals surface area (Å²) in [6.45, 7) is 1.44. The number of aromatic nitrogens is 1. The Balaban J connectivity index is 2.56. The molecule has 0 bridgehead atoms. The molecule has 1 aromatic rings. The van der Waals surface area contributed by atoms with E-state index in [1.807, 2.05) is 0 Å². The zero-order valence-corrected chi connectivity index (χ0v) is 12.2. The molecule has 0 saturated carbocycles. The average molecular weight is 305 g/mol. The van der Waals surface area contributed by atoms with Crippen LogP contribution in [0.5, 0.6) is 0 Å². The summed E-state index contributed by atoms with van der Waals surface area (Å²) < 4.78 is 4.53. The number of hydrogen-bond acceptors (Lipinski definition) is 8. The van der Waals surface area contributed by atoms with Crippen molar-refractivity contribution in [2.75, 3.05) is 12.9 Å². The monoisotopic (exact) mass is 305 g/mol. The van der Waals surface area contributed by atoms with E-state index in [0.29, 0.717) is 5.75 Å². The first kappa shape index (κ1) is 16.1. The van der Waals surface area contributed by atoms with E-state index >= 15 is 0 Å². The van der Waals surface area contributed by atoms with E-state index in [1.54, 1.807) is 0 Å². The molecule has 0 aliphatic carbocycles. The van der Waals surface area contributed by atoms with Gasteiger partial charge in [0.15, 0.2) is 5.12 Å². The summed E-state index contributed by atoms with van der Waals surface area (Å²) in [5.74, 6) is -0.111. The van der Waals surface area contributed by atoms with Crippen molar-refractivity contribution >= 4 is 34.2 Å². The van der Waals surface area contributed by atoms with Crippen molar-refractivity contribution in [3.8, 4) is 0 Å². The number of rotatable bonds is 6. The fraction of sp³-hybridized carbons (Fsp3) is 0.545. The lowest BCUT2D eigenvalue weighted by atomic mass is 10.2. The van der Waals surface area contributed by atoms with Gasteiger partial charge >= 0.3 is 5.97 Å². The summed E-state index contributed by atoms with van der Waals surface area (Å²) in [5, 5.41) is 19.9. The van der Waals surface area contributed by atoms with Gasteiger partial charge in [-0.05, 0) is 6.42 Å². The maximum atomic E-state index is 11.2. The molecular formula is C11H15NO5S2. The van der Waals surface area contributed by atoms with Crippen LogP contribution in [0.1, 0.15) is 34.1 Å². The van der Waals surface area contributed by atoms with Crippen molar-refractivity contribution in [1.29, 1.82) is 0 Å². The predicted octanol–water partition coefficient (Wildman–Crippen LogP) is 0.994. The molecule has 6 nitrogen and oxygen atoms in total. The van der Waals surface area contributed by atoms with Gasteiger partial charge in [0.1, 0.15) is 16.0 Å². The molecule has 19 heavy (non-hydrogen) atoms. The third-order valence-electron chi connectivity index (χ3n) is 2.25. The summed E-state index contributed by atoms with van der Waals surface area (Å²) in [6, 6.07) is 0. The van der Waals surface area contributed by atoms with Gasteiger partial charge in [0, 0.05) is 12.7 Å². The zero-order valence-electron chi connectivity index (χ0n) is 10.5. The van der Waals surface area contributed by atoms with Crippen molar-refractivity contribution in [3.05, 3.63) is 16.1 Å². The number of aliphatic hydroxyl groups is 2. The van der Waals surface area contributed by atoms with E-state index in [4.69, 9.17) is 0 Å². The Morgan fingerprint density at radius 2 is 2.21 bits per heavy atom. The molecule has 0 fully saturated rings. The van der Waals surface area contributed by atoms with Gasteiger partial charge in [0.2, 0.25) is 0 Å². The Labute approximate surface area is 118 Å². The van der Waals surface area contributed by atoms with Crippen molar-refractivity contribution in [3.63, 3.8) is 0 Å². The minimum Gasteiger partial charge on any atom is -0.465 e. The molecule has 1 heterocycles. The second-order valence-corrected chi connectivity index (χ2v) is 6.03. The molecule has 1 aromatic heterocycles. The number of hydrogen-bond donors (Lipinski definition) is 2. The minimum atomic E-state index is -1.17. The summed E-state index contributed by atoms with van der Waals surface area (Å²) in [4.78, 5) is 26.1. The molecule has 0 saturated heterocycles. The van der Waals surface area contributed by atoms with Crippen LogP contribution in [0.2, 0.25) is 0 Å². The molecular weight excluding hydrogens is 290 g/mol. The lowest BCUT2D eigenvalue weighted by Crippen LogP contribution is -2.19. The van der Waals surface area contributed by atoms with E-state index in [9.17, 15) is 19.8 Å². The molecule has 0 amide bonds. The Morgan fingerprint density at radius 3 is 2.79 bits per heavy atom. The van der Waals surface area contributed by atoms with Crippen molar-refractivity contribution in [1.82, 2.24) is 4.98 Å².